The third-order valence-corrected chi connectivity index (χ3v) is 4.06. The molecule has 0 amide bonds. The molecule has 2 heterocycles. The highest BCUT2D eigenvalue weighted by atomic mass is 16.5. The van der Waals surface area contributed by atoms with Gasteiger partial charge in [-0.1, -0.05) is 19.1 Å². The number of aromatic nitrogens is 2. The highest BCUT2D eigenvalue weighted by Crippen LogP contribution is 2.30. The monoisotopic (exact) mass is 301 g/mol. The molecule has 0 radical (unpaired) electrons. The molecule has 1 aliphatic heterocycles. The van der Waals surface area contributed by atoms with E-state index in [4.69, 9.17) is 9.47 Å². The van der Waals surface area contributed by atoms with Crippen LogP contribution in [0.25, 0.3) is 11.1 Å². The van der Waals surface area contributed by atoms with Gasteiger partial charge in [0.05, 0.1) is 19.4 Å². The predicted molar refractivity (Wildman–Crippen MR) is 86.2 cm³/mol. The standard InChI is InChI=1S/C17H23N3O2/c1-2-15-16(14-12-18-19-13-14)4-3-5-17(15)22-11-8-20-6-9-21-10-7-20/h3-5,12-13H,2,6-11H2,1H3,(H,18,19). The molecule has 2 aromatic rings. The van der Waals surface area contributed by atoms with Crippen molar-refractivity contribution in [3.8, 4) is 16.9 Å². The second-order valence-corrected chi connectivity index (χ2v) is 5.43. The van der Waals surface area contributed by atoms with Crippen LogP contribution in [0.3, 0.4) is 0 Å². The van der Waals surface area contributed by atoms with E-state index in [9.17, 15) is 0 Å². The lowest BCUT2D eigenvalue weighted by Crippen LogP contribution is -2.38. The molecule has 0 atom stereocenters. The zero-order chi connectivity index (χ0) is 15.2. The summed E-state index contributed by atoms with van der Waals surface area (Å²) >= 11 is 0. The van der Waals surface area contributed by atoms with Crippen molar-refractivity contribution in [2.75, 3.05) is 39.5 Å². The maximum atomic E-state index is 6.06. The van der Waals surface area contributed by atoms with Gasteiger partial charge < -0.3 is 9.47 Å². The van der Waals surface area contributed by atoms with Crippen molar-refractivity contribution in [3.63, 3.8) is 0 Å². The van der Waals surface area contributed by atoms with Crippen molar-refractivity contribution in [2.24, 2.45) is 0 Å². The van der Waals surface area contributed by atoms with Crippen LogP contribution in [0, 0.1) is 0 Å². The van der Waals surface area contributed by atoms with Gasteiger partial charge in [-0.15, -0.1) is 0 Å². The topological polar surface area (TPSA) is 50.4 Å². The van der Waals surface area contributed by atoms with Gasteiger partial charge in [-0.05, 0) is 18.1 Å². The van der Waals surface area contributed by atoms with E-state index in [2.05, 4.69) is 34.2 Å². The Morgan fingerprint density at radius 3 is 2.91 bits per heavy atom. The number of benzene rings is 1. The van der Waals surface area contributed by atoms with Crippen LogP contribution in [-0.2, 0) is 11.2 Å². The largest absolute Gasteiger partial charge is 0.492 e. The minimum absolute atomic E-state index is 0.710. The number of nitrogens with zero attached hydrogens (tertiary/aromatic N) is 2. The summed E-state index contributed by atoms with van der Waals surface area (Å²) in [6.07, 6.45) is 4.71. The Hall–Kier alpha value is -1.85. The lowest BCUT2D eigenvalue weighted by atomic mass is 10.00. The number of ether oxygens (including phenoxy) is 2. The Morgan fingerprint density at radius 1 is 1.32 bits per heavy atom. The fourth-order valence-corrected chi connectivity index (χ4v) is 2.84. The molecule has 1 saturated heterocycles. The quantitative estimate of drug-likeness (QED) is 0.890. The van der Waals surface area contributed by atoms with Gasteiger partial charge in [0.15, 0.2) is 0 Å². The Balaban J connectivity index is 1.66. The number of hydrogen-bond acceptors (Lipinski definition) is 4. The van der Waals surface area contributed by atoms with E-state index in [1.807, 2.05) is 18.5 Å². The predicted octanol–water partition coefficient (Wildman–Crippen LogP) is 2.35. The number of morpholine rings is 1. The van der Waals surface area contributed by atoms with E-state index in [0.29, 0.717) is 6.61 Å². The summed E-state index contributed by atoms with van der Waals surface area (Å²) in [6, 6.07) is 6.23. The fourth-order valence-electron chi connectivity index (χ4n) is 2.84. The van der Waals surface area contributed by atoms with Crippen LogP contribution in [0.1, 0.15) is 12.5 Å². The molecular weight excluding hydrogens is 278 g/mol. The van der Waals surface area contributed by atoms with Gasteiger partial charge in [-0.2, -0.15) is 5.10 Å². The van der Waals surface area contributed by atoms with E-state index in [1.165, 1.54) is 11.1 Å². The number of aromatic amines is 1. The Labute approximate surface area is 131 Å². The van der Waals surface area contributed by atoms with Crippen LogP contribution in [0.15, 0.2) is 30.6 Å². The van der Waals surface area contributed by atoms with Crippen molar-refractivity contribution in [1.82, 2.24) is 15.1 Å². The summed E-state index contributed by atoms with van der Waals surface area (Å²) < 4.78 is 11.4. The van der Waals surface area contributed by atoms with Gasteiger partial charge in [0, 0.05) is 37.0 Å². The summed E-state index contributed by atoms with van der Waals surface area (Å²) in [7, 11) is 0. The molecule has 3 rings (SSSR count). The first-order valence-corrected chi connectivity index (χ1v) is 7.92. The van der Waals surface area contributed by atoms with Crippen LogP contribution in [0.5, 0.6) is 5.75 Å². The third kappa shape index (κ3) is 3.48. The molecule has 1 N–H and O–H groups in total. The first-order chi connectivity index (χ1) is 10.9. The highest BCUT2D eigenvalue weighted by Gasteiger charge is 2.12. The van der Waals surface area contributed by atoms with Gasteiger partial charge in [0.25, 0.3) is 0 Å². The second-order valence-electron chi connectivity index (χ2n) is 5.43. The zero-order valence-corrected chi connectivity index (χ0v) is 13.0. The van der Waals surface area contributed by atoms with Gasteiger partial charge in [0.2, 0.25) is 0 Å². The van der Waals surface area contributed by atoms with Crippen molar-refractivity contribution in [2.45, 2.75) is 13.3 Å². The van der Waals surface area contributed by atoms with Gasteiger partial charge in [-0.25, -0.2) is 0 Å². The maximum absolute atomic E-state index is 6.06. The summed E-state index contributed by atoms with van der Waals surface area (Å²) in [5.41, 5.74) is 3.54. The molecule has 1 aromatic heterocycles. The highest BCUT2D eigenvalue weighted by molar-refractivity contribution is 5.68. The molecule has 1 aliphatic rings. The van der Waals surface area contributed by atoms with E-state index >= 15 is 0 Å². The lowest BCUT2D eigenvalue weighted by molar-refractivity contribution is 0.0322. The summed E-state index contributed by atoms with van der Waals surface area (Å²) in [5.74, 6) is 0.981. The van der Waals surface area contributed by atoms with E-state index < -0.39 is 0 Å². The molecule has 1 aromatic carbocycles. The van der Waals surface area contributed by atoms with Gasteiger partial charge in [0.1, 0.15) is 12.4 Å². The first-order valence-electron chi connectivity index (χ1n) is 7.92. The van der Waals surface area contributed by atoms with Crippen LogP contribution >= 0.6 is 0 Å². The summed E-state index contributed by atoms with van der Waals surface area (Å²) in [4.78, 5) is 2.38. The van der Waals surface area contributed by atoms with E-state index in [0.717, 1.165) is 50.6 Å². The average molecular weight is 301 g/mol. The number of rotatable bonds is 6. The van der Waals surface area contributed by atoms with E-state index in [1.54, 1.807) is 0 Å². The number of hydrogen-bond donors (Lipinski definition) is 1. The molecular formula is C17H23N3O2. The van der Waals surface area contributed by atoms with Crippen molar-refractivity contribution in [1.29, 1.82) is 0 Å². The van der Waals surface area contributed by atoms with Gasteiger partial charge in [-0.3, -0.25) is 10.00 Å². The molecule has 0 bridgehead atoms. The Bertz CT molecular complexity index is 578. The minimum Gasteiger partial charge on any atom is -0.492 e. The maximum Gasteiger partial charge on any atom is 0.123 e. The van der Waals surface area contributed by atoms with E-state index in [-0.39, 0.29) is 0 Å². The van der Waals surface area contributed by atoms with Crippen molar-refractivity contribution in [3.05, 3.63) is 36.2 Å². The van der Waals surface area contributed by atoms with Crippen LogP contribution in [0.4, 0.5) is 0 Å². The Morgan fingerprint density at radius 2 is 2.18 bits per heavy atom. The zero-order valence-electron chi connectivity index (χ0n) is 13.0. The second kappa shape index (κ2) is 7.42. The van der Waals surface area contributed by atoms with Crippen LogP contribution < -0.4 is 4.74 Å². The molecule has 0 unspecified atom stereocenters. The number of H-pyrrole nitrogens is 1. The molecule has 0 aliphatic carbocycles. The number of nitrogens with one attached hydrogen (secondary N) is 1. The van der Waals surface area contributed by atoms with Crippen molar-refractivity contribution >= 4 is 0 Å². The normalized spacial score (nSPS) is 15.9. The molecule has 5 heteroatoms. The SMILES string of the molecule is CCc1c(OCCN2CCOCC2)cccc1-c1cn[nH]c1. The van der Waals surface area contributed by atoms with Crippen molar-refractivity contribution < 1.29 is 9.47 Å². The fraction of sp³-hybridized carbons (Fsp3) is 0.471. The minimum atomic E-state index is 0.710. The smallest absolute Gasteiger partial charge is 0.123 e. The summed E-state index contributed by atoms with van der Waals surface area (Å²) in [6.45, 7) is 7.47. The molecule has 5 nitrogen and oxygen atoms in total. The molecule has 1 fully saturated rings. The van der Waals surface area contributed by atoms with Crippen LogP contribution in [-0.4, -0.2) is 54.6 Å². The Kier molecular flexibility index (Phi) is 5.08. The molecule has 0 saturated carbocycles. The van der Waals surface area contributed by atoms with Gasteiger partial charge >= 0.3 is 0 Å². The van der Waals surface area contributed by atoms with Crippen LogP contribution in [0.2, 0.25) is 0 Å². The lowest BCUT2D eigenvalue weighted by Gasteiger charge is -2.26. The first kappa shape index (κ1) is 15.1. The molecule has 22 heavy (non-hydrogen) atoms. The molecule has 118 valence electrons. The third-order valence-electron chi connectivity index (χ3n) is 4.06. The summed E-state index contributed by atoms with van der Waals surface area (Å²) in [5, 5.41) is 6.92. The molecule has 0 spiro atoms. The average Bonchev–Trinajstić information content (AvgIpc) is 3.10.